The lowest BCUT2D eigenvalue weighted by Crippen LogP contribution is -2.65. The molecule has 0 spiro atoms. The largest absolute Gasteiger partial charge is 0.394 e. The van der Waals surface area contributed by atoms with Crippen LogP contribution in [0.5, 0.6) is 0 Å². The van der Waals surface area contributed by atoms with Gasteiger partial charge in [-0.15, -0.1) is 0 Å². The van der Waals surface area contributed by atoms with E-state index < -0.39 is 86.8 Å². The van der Waals surface area contributed by atoms with Gasteiger partial charge in [0.2, 0.25) is 5.91 Å². The molecule has 2 fully saturated rings. The first kappa shape index (κ1) is 85.5. The number of unbranched alkanes of at least 4 members (excludes halogenated alkanes) is 29. The van der Waals surface area contributed by atoms with E-state index in [0.29, 0.717) is 12.8 Å². The molecule has 0 aromatic rings. The van der Waals surface area contributed by atoms with Crippen LogP contribution >= 0.6 is 0 Å². The molecule has 14 nitrogen and oxygen atoms in total. The highest BCUT2D eigenvalue weighted by molar-refractivity contribution is 5.76. The number of aliphatic hydroxyl groups is 8. The summed E-state index contributed by atoms with van der Waals surface area (Å²) in [5, 5.41) is 87.5. The van der Waals surface area contributed by atoms with E-state index in [2.05, 4.69) is 129 Å². The molecule has 93 heavy (non-hydrogen) atoms. The van der Waals surface area contributed by atoms with Crippen molar-refractivity contribution in [2.75, 3.05) is 19.8 Å². The van der Waals surface area contributed by atoms with Crippen molar-refractivity contribution in [3.63, 3.8) is 0 Å². The van der Waals surface area contributed by atoms with E-state index in [0.717, 1.165) is 89.9 Å². The van der Waals surface area contributed by atoms with Crippen molar-refractivity contribution in [3.8, 4) is 0 Å². The molecule has 2 rings (SSSR count). The molecule has 0 saturated carbocycles. The zero-order valence-corrected chi connectivity index (χ0v) is 58.2. The number of aliphatic hydroxyl groups excluding tert-OH is 8. The summed E-state index contributed by atoms with van der Waals surface area (Å²) in [5.74, 6) is -0.252. The van der Waals surface area contributed by atoms with Crippen LogP contribution in [0.2, 0.25) is 0 Å². The Morgan fingerprint density at radius 2 is 0.753 bits per heavy atom. The number of carbonyl (C=O) groups is 1. The minimum atomic E-state index is -1.80. The van der Waals surface area contributed by atoms with Gasteiger partial charge in [-0.05, 0) is 96.3 Å². The average Bonchev–Trinajstić information content (AvgIpc) is 0.854. The van der Waals surface area contributed by atoms with E-state index >= 15 is 0 Å². The number of hydrogen-bond donors (Lipinski definition) is 9. The number of carbonyl (C=O) groups excluding carboxylic acids is 1. The van der Waals surface area contributed by atoms with Crippen molar-refractivity contribution in [1.82, 2.24) is 5.32 Å². The third-order valence-corrected chi connectivity index (χ3v) is 17.4. The first-order chi connectivity index (χ1) is 45.6. The lowest BCUT2D eigenvalue weighted by Gasteiger charge is -2.46. The van der Waals surface area contributed by atoms with Gasteiger partial charge < -0.3 is 65.1 Å². The predicted molar refractivity (Wildman–Crippen MR) is 382 cm³/mol. The van der Waals surface area contributed by atoms with E-state index in [9.17, 15) is 45.6 Å². The lowest BCUT2D eigenvalue weighted by molar-refractivity contribution is -0.359. The SMILES string of the molecule is CC/C=C\C/C=C\C/C=C\C/C=C\C/C=C\C/C=C\C/C=C\C/C=C\CCCCCCCCCCCCCCCCC(=O)NC(COC1OC(CO)C(OC2OC(CO)C(O)C(O)C2O)C(O)C1O)C(O)/C=C/CC/C=C/CCCCCCCCCCCCCCCC. The van der Waals surface area contributed by atoms with Gasteiger partial charge in [-0.25, -0.2) is 0 Å². The molecule has 12 unspecified atom stereocenters. The monoisotopic (exact) mass is 1310 g/mol. The zero-order chi connectivity index (χ0) is 67.3. The van der Waals surface area contributed by atoms with Crippen molar-refractivity contribution in [2.45, 2.75) is 351 Å². The van der Waals surface area contributed by atoms with Gasteiger partial charge in [-0.1, -0.05) is 296 Å². The molecule has 0 bridgehead atoms. The molecule has 1 amide bonds. The van der Waals surface area contributed by atoms with Crippen LogP contribution in [0, 0.1) is 0 Å². The second-order valence-electron chi connectivity index (χ2n) is 25.7. The fourth-order valence-electron chi connectivity index (χ4n) is 11.5. The molecule has 0 aromatic carbocycles. The van der Waals surface area contributed by atoms with Crippen molar-refractivity contribution >= 4 is 5.91 Å². The topological polar surface area (TPSA) is 228 Å². The Labute approximate surface area is 565 Å². The van der Waals surface area contributed by atoms with Crippen molar-refractivity contribution in [1.29, 1.82) is 0 Å². The summed E-state index contributed by atoms with van der Waals surface area (Å²) in [4.78, 5) is 13.3. The number of hydrogen-bond acceptors (Lipinski definition) is 13. The van der Waals surface area contributed by atoms with Gasteiger partial charge in [-0.3, -0.25) is 4.79 Å². The minimum Gasteiger partial charge on any atom is -0.394 e. The Morgan fingerprint density at radius 3 is 1.18 bits per heavy atom. The van der Waals surface area contributed by atoms with Gasteiger partial charge in [-0.2, -0.15) is 0 Å². The van der Waals surface area contributed by atoms with E-state index in [4.69, 9.17) is 18.9 Å². The number of allylic oxidation sites excluding steroid dienone is 19. The summed E-state index contributed by atoms with van der Waals surface area (Å²) in [6.45, 7) is 2.68. The van der Waals surface area contributed by atoms with Crippen LogP contribution in [-0.4, -0.2) is 140 Å². The Bertz CT molecular complexity index is 2030. The lowest BCUT2D eigenvalue weighted by atomic mass is 9.97. The Kier molecular flexibility index (Phi) is 56.9. The van der Waals surface area contributed by atoms with Crippen LogP contribution in [0.1, 0.15) is 277 Å². The van der Waals surface area contributed by atoms with Crippen molar-refractivity contribution in [3.05, 3.63) is 122 Å². The molecule has 0 aromatic heterocycles. The van der Waals surface area contributed by atoms with Crippen molar-refractivity contribution < 1.29 is 64.6 Å². The van der Waals surface area contributed by atoms with E-state index in [1.807, 2.05) is 6.08 Å². The maximum Gasteiger partial charge on any atom is 0.220 e. The molecular weight excluding hydrogens is 1170 g/mol. The third-order valence-electron chi connectivity index (χ3n) is 17.4. The predicted octanol–water partition coefficient (Wildman–Crippen LogP) is 16.1. The maximum atomic E-state index is 13.3. The van der Waals surface area contributed by atoms with Gasteiger partial charge in [0.1, 0.15) is 48.8 Å². The summed E-state index contributed by atoms with van der Waals surface area (Å²) in [7, 11) is 0. The number of rotatable bonds is 60. The smallest absolute Gasteiger partial charge is 0.220 e. The third kappa shape index (κ3) is 45.5. The quantitative estimate of drug-likeness (QED) is 0.0204. The highest BCUT2D eigenvalue weighted by Gasteiger charge is 2.51. The van der Waals surface area contributed by atoms with Gasteiger partial charge in [0, 0.05) is 6.42 Å². The molecule has 2 aliphatic rings. The zero-order valence-electron chi connectivity index (χ0n) is 58.2. The maximum absolute atomic E-state index is 13.3. The number of nitrogens with one attached hydrogen (secondary N) is 1. The second kappa shape index (κ2) is 61.9. The minimum absolute atomic E-state index is 0.252. The first-order valence-electron chi connectivity index (χ1n) is 37.3. The molecule has 12 atom stereocenters. The van der Waals surface area contributed by atoms with Gasteiger partial charge >= 0.3 is 0 Å². The van der Waals surface area contributed by atoms with Crippen molar-refractivity contribution in [2.24, 2.45) is 0 Å². The highest BCUT2D eigenvalue weighted by Crippen LogP contribution is 2.30. The average molecular weight is 1310 g/mol. The van der Waals surface area contributed by atoms with Gasteiger partial charge in [0.05, 0.1) is 32.0 Å². The summed E-state index contributed by atoms with van der Waals surface area (Å²) in [6, 6.07) is -0.939. The van der Waals surface area contributed by atoms with Crippen LogP contribution in [0.4, 0.5) is 0 Å². The summed E-state index contributed by atoms with van der Waals surface area (Å²) < 4.78 is 22.8. The van der Waals surface area contributed by atoms with Gasteiger partial charge in [0.15, 0.2) is 12.6 Å². The van der Waals surface area contributed by atoms with Crippen LogP contribution < -0.4 is 5.32 Å². The summed E-state index contributed by atoms with van der Waals surface area (Å²) in [5.41, 5.74) is 0. The first-order valence-corrected chi connectivity index (χ1v) is 37.3. The van der Waals surface area contributed by atoms with E-state index in [1.54, 1.807) is 6.08 Å². The molecule has 9 N–H and O–H groups in total. The molecular formula is C79H135NO13. The molecule has 2 saturated heterocycles. The summed E-state index contributed by atoms with van der Waals surface area (Å²) in [6.07, 6.45) is 74.0. The van der Waals surface area contributed by atoms with Crippen LogP contribution in [-0.2, 0) is 23.7 Å². The molecule has 0 aliphatic carbocycles. The van der Waals surface area contributed by atoms with E-state index in [1.165, 1.54) is 154 Å². The Hall–Kier alpha value is -3.61. The normalized spacial score (nSPS) is 23.3. The molecule has 14 heteroatoms. The van der Waals surface area contributed by atoms with Gasteiger partial charge in [0.25, 0.3) is 0 Å². The van der Waals surface area contributed by atoms with Crippen LogP contribution in [0.3, 0.4) is 0 Å². The molecule has 534 valence electrons. The van der Waals surface area contributed by atoms with Crippen LogP contribution in [0.15, 0.2) is 122 Å². The fourth-order valence-corrected chi connectivity index (χ4v) is 11.5. The molecule has 2 aliphatic heterocycles. The number of ether oxygens (including phenoxy) is 4. The number of amides is 1. The van der Waals surface area contributed by atoms with Crippen LogP contribution in [0.25, 0.3) is 0 Å². The Morgan fingerprint density at radius 1 is 0.398 bits per heavy atom. The summed E-state index contributed by atoms with van der Waals surface area (Å²) >= 11 is 0. The Balaban J connectivity index is 1.63. The van der Waals surface area contributed by atoms with E-state index in [-0.39, 0.29) is 18.9 Å². The second-order valence-corrected chi connectivity index (χ2v) is 25.7. The highest BCUT2D eigenvalue weighted by atomic mass is 16.7. The standard InChI is InChI=1S/C79H135NO13/c1-3-5-7-9-11-13-15-17-19-21-23-25-26-27-28-29-30-31-32-33-34-35-36-37-38-39-40-41-42-43-45-47-49-51-53-55-57-59-61-63-71(84)80-67(68(83)62-60-58-56-54-52-50-48-46-44-24-22-20-18-16-14-12-10-8-6-4-2)66-90-78-76(89)74(87)77(70(65-82)92-78)93-79-75(88)73(86)72(85)69(64-81)91-79/h5,7,11,13,17,19,23,25,27-28,30-31,33-34,36-37,52,54,60,62,67-70,72-79,81-83,85-89H,3-4,6,8-10,12,14-16,18,20-22,24,26,29,32,35,38-51,53,55-59,61,63-66H2,1-2H3,(H,80,84)/b7-5-,13-11-,19-17-,25-23-,28-27-,31-30-,34-33-,37-36-,54-52+,62-60+. The molecule has 2 heterocycles. The fraction of sp³-hybridized carbons (Fsp3) is 0.734. The molecule has 0 radical (unpaired) electrons.